The van der Waals surface area contributed by atoms with Crippen LogP contribution in [0.5, 0.6) is 11.5 Å². The van der Waals surface area contributed by atoms with E-state index in [2.05, 4.69) is 15.2 Å². The SMILES string of the molecule is Nc1cn[nH]c1-c1ccc(Oc2ccccc2)cn1. The van der Waals surface area contributed by atoms with Crippen LogP contribution in [0.3, 0.4) is 0 Å². The molecule has 5 heteroatoms. The fourth-order valence-corrected chi connectivity index (χ4v) is 1.71. The third-order valence-corrected chi connectivity index (χ3v) is 2.64. The second kappa shape index (κ2) is 4.81. The zero-order valence-corrected chi connectivity index (χ0v) is 10.1. The van der Waals surface area contributed by atoms with E-state index in [0.717, 1.165) is 11.4 Å². The van der Waals surface area contributed by atoms with E-state index < -0.39 is 0 Å². The van der Waals surface area contributed by atoms with Crippen LogP contribution < -0.4 is 10.5 Å². The Morgan fingerprint density at radius 2 is 1.79 bits per heavy atom. The largest absolute Gasteiger partial charge is 0.456 e. The zero-order valence-electron chi connectivity index (χ0n) is 10.1. The van der Waals surface area contributed by atoms with Gasteiger partial charge in [-0.25, -0.2) is 0 Å². The Bertz CT molecular complexity index is 661. The number of nitrogens with two attached hydrogens (primary N) is 1. The van der Waals surface area contributed by atoms with Gasteiger partial charge < -0.3 is 10.5 Å². The van der Waals surface area contributed by atoms with E-state index >= 15 is 0 Å². The number of anilines is 1. The maximum absolute atomic E-state index is 5.77. The number of H-pyrrole nitrogens is 1. The molecule has 0 saturated heterocycles. The summed E-state index contributed by atoms with van der Waals surface area (Å²) in [7, 11) is 0. The molecule has 0 radical (unpaired) electrons. The molecule has 2 aromatic heterocycles. The second-order valence-corrected chi connectivity index (χ2v) is 3.99. The molecule has 2 heterocycles. The van der Waals surface area contributed by atoms with Gasteiger partial charge in [-0.05, 0) is 24.3 Å². The van der Waals surface area contributed by atoms with E-state index in [-0.39, 0.29) is 0 Å². The summed E-state index contributed by atoms with van der Waals surface area (Å²) in [5, 5.41) is 6.68. The van der Waals surface area contributed by atoms with Crippen LogP contribution in [0.25, 0.3) is 11.4 Å². The number of hydrogen-bond donors (Lipinski definition) is 2. The molecule has 1 aromatic carbocycles. The fraction of sp³-hybridized carbons (Fsp3) is 0. The van der Waals surface area contributed by atoms with Crippen LogP contribution in [-0.4, -0.2) is 15.2 Å². The van der Waals surface area contributed by atoms with Crippen LogP contribution in [0.15, 0.2) is 54.9 Å². The number of benzene rings is 1. The molecule has 19 heavy (non-hydrogen) atoms. The van der Waals surface area contributed by atoms with Crippen LogP contribution in [0.1, 0.15) is 0 Å². The van der Waals surface area contributed by atoms with Gasteiger partial charge in [0.15, 0.2) is 0 Å². The van der Waals surface area contributed by atoms with Gasteiger partial charge in [0.25, 0.3) is 0 Å². The van der Waals surface area contributed by atoms with E-state index in [1.54, 1.807) is 12.4 Å². The summed E-state index contributed by atoms with van der Waals surface area (Å²) < 4.78 is 5.66. The van der Waals surface area contributed by atoms with E-state index in [4.69, 9.17) is 10.5 Å². The third-order valence-electron chi connectivity index (χ3n) is 2.64. The molecule has 0 aliphatic heterocycles. The van der Waals surface area contributed by atoms with E-state index in [1.165, 1.54) is 0 Å². The molecule has 3 aromatic rings. The monoisotopic (exact) mass is 252 g/mol. The normalized spacial score (nSPS) is 10.3. The lowest BCUT2D eigenvalue weighted by atomic mass is 10.2. The molecule has 0 unspecified atom stereocenters. The van der Waals surface area contributed by atoms with Crippen molar-refractivity contribution in [3.05, 3.63) is 54.9 Å². The highest BCUT2D eigenvalue weighted by Gasteiger charge is 2.06. The van der Waals surface area contributed by atoms with Gasteiger partial charge >= 0.3 is 0 Å². The highest BCUT2D eigenvalue weighted by Crippen LogP contribution is 2.24. The van der Waals surface area contributed by atoms with Crippen molar-refractivity contribution in [1.82, 2.24) is 15.2 Å². The van der Waals surface area contributed by atoms with Crippen LogP contribution in [0.2, 0.25) is 0 Å². The minimum atomic E-state index is 0.573. The van der Waals surface area contributed by atoms with Gasteiger partial charge in [0.05, 0.1) is 23.8 Å². The van der Waals surface area contributed by atoms with Gasteiger partial charge in [0.2, 0.25) is 0 Å². The summed E-state index contributed by atoms with van der Waals surface area (Å²) in [5.74, 6) is 1.45. The highest BCUT2D eigenvalue weighted by atomic mass is 16.5. The molecule has 0 amide bonds. The quantitative estimate of drug-likeness (QED) is 0.751. The minimum absolute atomic E-state index is 0.573. The van der Waals surface area contributed by atoms with Crippen molar-refractivity contribution in [3.8, 4) is 22.9 Å². The van der Waals surface area contributed by atoms with Gasteiger partial charge in [-0.15, -0.1) is 0 Å². The summed E-state index contributed by atoms with van der Waals surface area (Å²) in [5.41, 5.74) is 7.79. The Morgan fingerprint density at radius 1 is 0.947 bits per heavy atom. The smallest absolute Gasteiger partial charge is 0.145 e. The number of pyridine rings is 1. The van der Waals surface area contributed by atoms with Crippen LogP contribution in [0.4, 0.5) is 5.69 Å². The van der Waals surface area contributed by atoms with Crippen molar-refractivity contribution in [2.75, 3.05) is 5.73 Å². The Balaban J connectivity index is 1.82. The van der Waals surface area contributed by atoms with Gasteiger partial charge in [0.1, 0.15) is 17.2 Å². The average Bonchev–Trinajstić information content (AvgIpc) is 2.87. The molecule has 0 atom stereocenters. The van der Waals surface area contributed by atoms with Crippen molar-refractivity contribution < 1.29 is 4.74 Å². The Morgan fingerprint density at radius 3 is 2.42 bits per heavy atom. The Hall–Kier alpha value is -2.82. The van der Waals surface area contributed by atoms with Crippen LogP contribution in [-0.2, 0) is 0 Å². The maximum atomic E-state index is 5.77. The summed E-state index contributed by atoms with van der Waals surface area (Å²) in [6, 6.07) is 13.2. The first-order chi connectivity index (χ1) is 9.33. The number of aromatic amines is 1. The molecule has 3 N–H and O–H groups in total. The van der Waals surface area contributed by atoms with Crippen molar-refractivity contribution in [2.45, 2.75) is 0 Å². The van der Waals surface area contributed by atoms with Gasteiger partial charge in [-0.3, -0.25) is 10.1 Å². The van der Waals surface area contributed by atoms with Crippen molar-refractivity contribution in [2.24, 2.45) is 0 Å². The van der Waals surface area contributed by atoms with E-state index in [0.29, 0.717) is 17.1 Å². The lowest BCUT2D eigenvalue weighted by molar-refractivity contribution is 0.480. The number of nitrogens with one attached hydrogen (secondary N) is 1. The number of nitrogens with zero attached hydrogens (tertiary/aromatic N) is 2. The van der Waals surface area contributed by atoms with Gasteiger partial charge in [-0.1, -0.05) is 18.2 Å². The molecule has 0 fully saturated rings. The van der Waals surface area contributed by atoms with Crippen molar-refractivity contribution in [3.63, 3.8) is 0 Å². The first kappa shape index (κ1) is 11.3. The summed E-state index contributed by atoms with van der Waals surface area (Å²) in [6.45, 7) is 0. The maximum Gasteiger partial charge on any atom is 0.145 e. The number of hydrogen-bond acceptors (Lipinski definition) is 4. The van der Waals surface area contributed by atoms with Gasteiger partial charge in [-0.2, -0.15) is 5.10 Å². The number of aromatic nitrogens is 3. The molecular formula is C14H12N4O. The Labute approximate surface area is 110 Å². The number of ether oxygens (including phenoxy) is 1. The number of para-hydroxylation sites is 1. The predicted octanol–water partition coefficient (Wildman–Crippen LogP) is 2.85. The fourth-order valence-electron chi connectivity index (χ4n) is 1.71. The molecular weight excluding hydrogens is 240 g/mol. The number of nitrogen functional groups attached to an aromatic ring is 1. The molecule has 0 aliphatic carbocycles. The summed E-state index contributed by atoms with van der Waals surface area (Å²) in [4.78, 5) is 4.30. The van der Waals surface area contributed by atoms with Gasteiger partial charge in [0, 0.05) is 0 Å². The molecule has 3 rings (SSSR count). The predicted molar refractivity (Wildman–Crippen MR) is 72.7 cm³/mol. The molecule has 94 valence electrons. The standard InChI is InChI=1S/C14H12N4O/c15-12-9-17-18-14(12)13-7-6-11(8-16-13)19-10-4-2-1-3-5-10/h1-9H,15H2,(H,17,18). The molecule has 0 saturated carbocycles. The average molecular weight is 252 g/mol. The summed E-state index contributed by atoms with van der Waals surface area (Å²) in [6.07, 6.45) is 3.22. The second-order valence-electron chi connectivity index (χ2n) is 3.99. The van der Waals surface area contributed by atoms with Crippen molar-refractivity contribution >= 4 is 5.69 Å². The first-order valence-corrected chi connectivity index (χ1v) is 5.81. The third kappa shape index (κ3) is 2.40. The zero-order chi connectivity index (χ0) is 13.1. The van der Waals surface area contributed by atoms with E-state index in [1.807, 2.05) is 42.5 Å². The Kier molecular flexibility index (Phi) is 2.86. The van der Waals surface area contributed by atoms with Crippen molar-refractivity contribution in [1.29, 1.82) is 0 Å². The van der Waals surface area contributed by atoms with E-state index in [9.17, 15) is 0 Å². The van der Waals surface area contributed by atoms with Crippen LogP contribution in [0, 0.1) is 0 Å². The van der Waals surface area contributed by atoms with Crippen LogP contribution >= 0.6 is 0 Å². The lowest BCUT2D eigenvalue weighted by Crippen LogP contribution is -1.90. The topological polar surface area (TPSA) is 76.8 Å². The molecule has 0 spiro atoms. The highest BCUT2D eigenvalue weighted by molar-refractivity contribution is 5.68. The number of rotatable bonds is 3. The molecule has 5 nitrogen and oxygen atoms in total. The molecule has 0 bridgehead atoms. The first-order valence-electron chi connectivity index (χ1n) is 5.81. The molecule has 0 aliphatic rings. The lowest BCUT2D eigenvalue weighted by Gasteiger charge is -2.05. The summed E-state index contributed by atoms with van der Waals surface area (Å²) >= 11 is 0. The minimum Gasteiger partial charge on any atom is -0.456 e.